The Bertz CT molecular complexity index is 635. The lowest BCUT2D eigenvalue weighted by Crippen LogP contribution is -3.00. The molecule has 3 rings (SSSR count). The Kier molecular flexibility index (Phi) is 5.16. The van der Waals surface area contributed by atoms with Gasteiger partial charge in [0, 0.05) is 5.02 Å². The van der Waals surface area contributed by atoms with Crippen LogP contribution in [0.15, 0.2) is 35.3 Å². The summed E-state index contributed by atoms with van der Waals surface area (Å²) < 4.78 is 6.85. The molecule has 1 fully saturated rings. The molecule has 1 aliphatic rings. The molecule has 0 bridgehead atoms. The highest BCUT2D eigenvalue weighted by atomic mass is 127. The summed E-state index contributed by atoms with van der Waals surface area (Å²) in [7, 11) is 2.27. The van der Waals surface area contributed by atoms with Crippen molar-refractivity contribution >= 4 is 28.7 Å². The number of quaternary nitrogens is 1. The number of oxazole rings is 1. The Morgan fingerprint density at radius 2 is 2.14 bits per heavy atom. The van der Waals surface area contributed by atoms with Crippen LogP contribution in [-0.4, -0.2) is 49.2 Å². The van der Waals surface area contributed by atoms with E-state index in [4.69, 9.17) is 16.0 Å². The number of fused-ring (bicyclic) bond motifs is 1. The van der Waals surface area contributed by atoms with Crippen molar-refractivity contribution in [1.29, 1.82) is 0 Å². The van der Waals surface area contributed by atoms with Crippen molar-refractivity contribution in [3.8, 4) is 0 Å². The number of aromatic nitrogens is 1. The van der Waals surface area contributed by atoms with Crippen molar-refractivity contribution in [2.75, 3.05) is 44.7 Å². The highest BCUT2D eigenvalue weighted by Crippen LogP contribution is 2.25. The molecule has 1 aliphatic heterocycles. The molecule has 0 atom stereocenters. The van der Waals surface area contributed by atoms with Crippen LogP contribution in [0.4, 0.5) is 6.01 Å². The number of rotatable bonds is 3. The quantitative estimate of drug-likeness (QED) is 0.397. The van der Waals surface area contributed by atoms with Crippen LogP contribution >= 0.6 is 11.6 Å². The predicted molar refractivity (Wildman–Crippen MR) is 82.2 cm³/mol. The van der Waals surface area contributed by atoms with Crippen LogP contribution in [0, 0.1) is 0 Å². The zero-order chi connectivity index (χ0) is 14.2. The van der Waals surface area contributed by atoms with Crippen molar-refractivity contribution in [3.63, 3.8) is 0 Å². The number of hydrogen-bond donors (Lipinski definition) is 0. The molecule has 2 heterocycles. The van der Waals surface area contributed by atoms with E-state index in [0.29, 0.717) is 11.0 Å². The van der Waals surface area contributed by atoms with Crippen molar-refractivity contribution in [2.45, 2.75) is 0 Å². The molecule has 0 amide bonds. The summed E-state index contributed by atoms with van der Waals surface area (Å²) in [6, 6.07) is 6.24. The molecule has 0 unspecified atom stereocenters. The maximum absolute atomic E-state index is 5.98. The second-order valence-electron chi connectivity index (χ2n) is 5.63. The van der Waals surface area contributed by atoms with E-state index in [2.05, 4.69) is 23.5 Å². The van der Waals surface area contributed by atoms with Gasteiger partial charge in [-0.25, -0.2) is 0 Å². The summed E-state index contributed by atoms with van der Waals surface area (Å²) in [5, 5.41) is 0.686. The van der Waals surface area contributed by atoms with Crippen LogP contribution in [0.3, 0.4) is 0 Å². The van der Waals surface area contributed by atoms with E-state index < -0.39 is 0 Å². The number of anilines is 1. The van der Waals surface area contributed by atoms with Crippen LogP contribution in [0.5, 0.6) is 0 Å². The third-order valence-corrected chi connectivity index (χ3v) is 4.23. The summed E-state index contributed by atoms with van der Waals surface area (Å²) >= 11 is 5.98. The molecule has 21 heavy (non-hydrogen) atoms. The van der Waals surface area contributed by atoms with Crippen molar-refractivity contribution in [1.82, 2.24) is 4.98 Å². The molecule has 4 nitrogen and oxygen atoms in total. The van der Waals surface area contributed by atoms with Gasteiger partial charge in [-0.3, -0.25) is 0 Å². The molecule has 1 saturated heterocycles. The third-order valence-electron chi connectivity index (χ3n) is 4.00. The lowest BCUT2D eigenvalue weighted by atomic mass is 10.2. The topological polar surface area (TPSA) is 29.3 Å². The smallest absolute Gasteiger partial charge is 0.298 e. The fourth-order valence-corrected chi connectivity index (χ4v) is 2.82. The summed E-state index contributed by atoms with van der Waals surface area (Å²) in [6.07, 6.45) is 2.00. The molecule has 0 N–H and O–H groups in total. The fraction of sp³-hybridized carbons (Fsp3) is 0.400. The molecule has 2 aromatic rings. The molecule has 114 valence electrons. The van der Waals surface area contributed by atoms with Crippen molar-refractivity contribution in [2.24, 2.45) is 0 Å². The van der Waals surface area contributed by atoms with Gasteiger partial charge in [0.05, 0.1) is 39.8 Å². The van der Waals surface area contributed by atoms with Gasteiger partial charge in [-0.15, -0.1) is 0 Å². The highest BCUT2D eigenvalue weighted by Gasteiger charge is 2.29. The van der Waals surface area contributed by atoms with Crippen LogP contribution in [0.1, 0.15) is 0 Å². The number of likely N-dealkylation sites (N-methyl/N-ethyl adjacent to an activating group) is 1. The van der Waals surface area contributed by atoms with Gasteiger partial charge in [0.2, 0.25) is 0 Å². The van der Waals surface area contributed by atoms with Gasteiger partial charge in [0.15, 0.2) is 5.58 Å². The van der Waals surface area contributed by atoms with E-state index in [1.54, 1.807) is 0 Å². The Labute approximate surface area is 147 Å². The molecule has 0 spiro atoms. The second kappa shape index (κ2) is 6.54. The summed E-state index contributed by atoms with van der Waals surface area (Å²) in [5.41, 5.74) is 1.61. The van der Waals surface area contributed by atoms with Crippen LogP contribution in [-0.2, 0) is 0 Å². The van der Waals surface area contributed by atoms with Crippen LogP contribution < -0.4 is 28.9 Å². The maximum atomic E-state index is 5.98. The summed E-state index contributed by atoms with van der Waals surface area (Å²) in [6.45, 7) is 8.90. The Balaban J connectivity index is 0.00000161. The number of nitrogens with zero attached hydrogens (tertiary/aromatic N) is 3. The van der Waals surface area contributed by atoms with E-state index in [1.165, 1.54) is 0 Å². The number of hydrogen-bond acceptors (Lipinski definition) is 3. The zero-order valence-electron chi connectivity index (χ0n) is 12.1. The highest BCUT2D eigenvalue weighted by molar-refractivity contribution is 6.31. The molecule has 0 saturated carbocycles. The van der Waals surface area contributed by atoms with Crippen molar-refractivity contribution < 1.29 is 32.9 Å². The Morgan fingerprint density at radius 3 is 2.81 bits per heavy atom. The number of halogens is 2. The molecule has 1 aromatic heterocycles. The summed E-state index contributed by atoms with van der Waals surface area (Å²) in [4.78, 5) is 6.74. The fourth-order valence-electron chi connectivity index (χ4n) is 2.66. The lowest BCUT2D eigenvalue weighted by molar-refractivity contribution is -0.904. The van der Waals surface area contributed by atoms with Gasteiger partial charge in [-0.1, -0.05) is 18.2 Å². The van der Waals surface area contributed by atoms with Gasteiger partial charge < -0.3 is 37.8 Å². The first-order chi connectivity index (χ1) is 9.59. The van der Waals surface area contributed by atoms with Gasteiger partial charge in [0.1, 0.15) is 5.52 Å². The third kappa shape index (κ3) is 3.52. The predicted octanol–water partition coefficient (Wildman–Crippen LogP) is -0.0622. The minimum absolute atomic E-state index is 0. The average Bonchev–Trinajstić information content (AvgIpc) is 2.82. The number of piperazine rings is 1. The zero-order valence-corrected chi connectivity index (χ0v) is 15.0. The first-order valence-electron chi connectivity index (χ1n) is 6.85. The van der Waals surface area contributed by atoms with Crippen molar-refractivity contribution in [3.05, 3.63) is 35.9 Å². The minimum Gasteiger partial charge on any atom is -1.00 e. The van der Waals surface area contributed by atoms with Gasteiger partial charge >= 0.3 is 0 Å². The average molecular weight is 420 g/mol. The van der Waals surface area contributed by atoms with E-state index in [9.17, 15) is 0 Å². The largest absolute Gasteiger partial charge is 1.00 e. The van der Waals surface area contributed by atoms with E-state index >= 15 is 0 Å². The first kappa shape index (κ1) is 16.6. The Hall–Kier alpha value is -0.790. The van der Waals surface area contributed by atoms with Gasteiger partial charge in [-0.05, 0) is 24.3 Å². The van der Waals surface area contributed by atoms with E-state index in [1.807, 2.05) is 24.3 Å². The summed E-state index contributed by atoms with van der Waals surface area (Å²) in [5.74, 6) is 0. The monoisotopic (exact) mass is 419 g/mol. The van der Waals surface area contributed by atoms with Crippen LogP contribution in [0.25, 0.3) is 11.1 Å². The molecular weight excluding hydrogens is 401 g/mol. The standard InChI is InChI=1S/C15H19ClN3O.HI/c1-3-8-19(2)9-6-18(7-10-19)15-17-13-11-12(16)4-5-14(13)20-15;/h3-5,11H,1,6-10H2,2H3;1H/q+1;/p-1. The molecular formula is C15H19ClIN3O. The minimum atomic E-state index is 0. The lowest BCUT2D eigenvalue weighted by Gasteiger charge is -2.40. The first-order valence-corrected chi connectivity index (χ1v) is 7.23. The van der Waals surface area contributed by atoms with E-state index in [0.717, 1.165) is 48.3 Å². The van der Waals surface area contributed by atoms with E-state index in [-0.39, 0.29) is 24.0 Å². The molecule has 0 aliphatic carbocycles. The SMILES string of the molecule is C=CC[N+]1(C)CCN(c2nc3cc(Cl)ccc3o2)CC1.[I-]. The van der Waals surface area contributed by atoms with Crippen LogP contribution in [0.2, 0.25) is 5.02 Å². The maximum Gasteiger partial charge on any atom is 0.298 e. The number of benzene rings is 1. The normalized spacial score (nSPS) is 17.5. The molecule has 6 heteroatoms. The molecule has 0 radical (unpaired) electrons. The Morgan fingerprint density at radius 1 is 1.43 bits per heavy atom. The van der Waals surface area contributed by atoms with Gasteiger partial charge in [0.25, 0.3) is 6.01 Å². The second-order valence-corrected chi connectivity index (χ2v) is 6.07. The van der Waals surface area contributed by atoms with Gasteiger partial charge in [-0.2, -0.15) is 4.98 Å². The molecule has 1 aromatic carbocycles.